The highest BCUT2D eigenvalue weighted by Crippen LogP contribution is 2.22. The number of nitrogens with two attached hydrogens (primary N) is 1. The molecule has 8 nitrogen and oxygen atoms in total. The second-order valence-electron chi connectivity index (χ2n) is 9.81. The number of anilines is 2. The van der Waals surface area contributed by atoms with Gasteiger partial charge >= 0.3 is 6.09 Å². The molecule has 4 rings (SSSR count). The van der Waals surface area contributed by atoms with E-state index in [1.165, 1.54) is 24.5 Å². The van der Waals surface area contributed by atoms with Crippen LogP contribution >= 0.6 is 0 Å². The van der Waals surface area contributed by atoms with Crippen LogP contribution in [0.4, 0.5) is 34.0 Å². The van der Waals surface area contributed by atoms with Crippen molar-refractivity contribution < 1.29 is 44.8 Å². The highest BCUT2D eigenvalue weighted by molar-refractivity contribution is 5.68. The van der Waals surface area contributed by atoms with Crippen LogP contribution in [0.3, 0.4) is 0 Å². The third-order valence-corrected chi connectivity index (χ3v) is 5.83. The predicted octanol–water partition coefficient (Wildman–Crippen LogP) is 0.483. The van der Waals surface area contributed by atoms with E-state index in [0.29, 0.717) is 32.0 Å². The third kappa shape index (κ3) is 9.46. The number of nitrogens with zero attached hydrogens (tertiary/aromatic N) is 5. The fourth-order valence-electron chi connectivity index (χ4n) is 3.85. The van der Waals surface area contributed by atoms with Crippen LogP contribution in [0.2, 0.25) is 0 Å². The Morgan fingerprint density at radius 1 is 0.816 bits per heavy atom. The summed E-state index contributed by atoms with van der Waals surface area (Å²) in [7, 11) is 0. The summed E-state index contributed by atoms with van der Waals surface area (Å²) in [5, 5.41) is 2.24. The van der Waals surface area contributed by atoms with Crippen molar-refractivity contribution in [1.82, 2.24) is 14.9 Å². The van der Waals surface area contributed by atoms with E-state index in [4.69, 9.17) is 4.74 Å². The molecular formula is C25H35ClF4N6O2. The number of amides is 1. The Morgan fingerprint density at radius 3 is 1.63 bits per heavy atom. The molecule has 2 N–H and O–H groups in total. The molecule has 0 saturated carbocycles. The number of pyridine rings is 2. The lowest BCUT2D eigenvalue weighted by atomic mass is 10.2. The fourth-order valence-corrected chi connectivity index (χ4v) is 3.85. The Morgan fingerprint density at radius 2 is 1.26 bits per heavy atom. The van der Waals surface area contributed by atoms with Gasteiger partial charge in [-0.05, 0) is 45.0 Å². The molecule has 13 heteroatoms. The van der Waals surface area contributed by atoms with Gasteiger partial charge in [0.1, 0.15) is 17.2 Å². The zero-order chi connectivity index (χ0) is 27.0. The van der Waals surface area contributed by atoms with E-state index in [2.05, 4.69) is 20.2 Å². The summed E-state index contributed by atoms with van der Waals surface area (Å²) in [5.74, 6) is 1.45. The first-order valence-corrected chi connectivity index (χ1v) is 12.3. The van der Waals surface area contributed by atoms with E-state index >= 15 is 0 Å². The Labute approximate surface area is 226 Å². The fraction of sp³-hybridized carbons (Fsp3) is 0.560. The molecule has 0 aliphatic carbocycles. The van der Waals surface area contributed by atoms with Crippen molar-refractivity contribution >= 4 is 17.7 Å². The Bertz CT molecular complexity index is 979. The van der Waals surface area contributed by atoms with Gasteiger partial charge in [-0.2, -0.15) is 0 Å². The molecule has 2 aromatic rings. The predicted molar refractivity (Wildman–Crippen MR) is 132 cm³/mol. The first kappa shape index (κ1) is 31.4. The van der Waals surface area contributed by atoms with Gasteiger partial charge in [0.2, 0.25) is 0 Å². The summed E-state index contributed by atoms with van der Waals surface area (Å²) < 4.78 is 54.9. The zero-order valence-electron chi connectivity index (χ0n) is 21.8. The second kappa shape index (κ2) is 14.3. The number of alkyl halides is 4. The zero-order valence-corrected chi connectivity index (χ0v) is 22.6. The van der Waals surface area contributed by atoms with Gasteiger partial charge in [-0.3, -0.25) is 0 Å². The molecule has 0 radical (unpaired) electrons. The normalized spacial score (nSPS) is 16.1. The number of carbonyl (C=O) groups is 1. The van der Waals surface area contributed by atoms with Crippen molar-refractivity contribution in [1.29, 1.82) is 0 Å². The quantitative estimate of drug-likeness (QED) is 0.547. The van der Waals surface area contributed by atoms with Gasteiger partial charge in [-0.1, -0.05) is 0 Å². The van der Waals surface area contributed by atoms with Gasteiger partial charge in [0.25, 0.3) is 12.9 Å². The minimum atomic E-state index is -2.51. The molecule has 0 spiro atoms. The molecule has 0 bridgehead atoms. The highest BCUT2D eigenvalue weighted by Gasteiger charge is 2.26. The number of ether oxygens (including phenoxy) is 1. The summed E-state index contributed by atoms with van der Waals surface area (Å²) in [5.41, 5.74) is -0.612. The van der Waals surface area contributed by atoms with E-state index in [0.717, 1.165) is 32.0 Å². The summed E-state index contributed by atoms with van der Waals surface area (Å²) in [4.78, 5) is 25.8. The van der Waals surface area contributed by atoms with Crippen molar-refractivity contribution in [2.24, 2.45) is 0 Å². The molecule has 1 amide bonds. The van der Waals surface area contributed by atoms with Crippen molar-refractivity contribution in [3.8, 4) is 0 Å². The van der Waals surface area contributed by atoms with Crippen LogP contribution in [0.25, 0.3) is 0 Å². The maximum absolute atomic E-state index is 12.5. The average Bonchev–Trinajstić information content (AvgIpc) is 2.89. The molecule has 4 heterocycles. The monoisotopic (exact) mass is 562 g/mol. The SMILES string of the molecule is CC(C)(C)OC(=O)N1CCN(c2ccc(C(F)F)cn2)CC1.FC(F)c1ccc(N2CC[NH2+]CC2)nc1.[Cl-]. The molecule has 2 fully saturated rings. The van der Waals surface area contributed by atoms with Gasteiger partial charge in [0.15, 0.2) is 0 Å². The first-order chi connectivity index (χ1) is 17.5. The number of aromatic nitrogens is 2. The molecule has 2 aliphatic rings. The third-order valence-electron chi connectivity index (χ3n) is 5.83. The van der Waals surface area contributed by atoms with Crippen LogP contribution < -0.4 is 27.5 Å². The molecule has 38 heavy (non-hydrogen) atoms. The number of halogens is 5. The minimum absolute atomic E-state index is 0. The molecule has 2 aliphatic heterocycles. The van der Waals surface area contributed by atoms with Crippen LogP contribution in [0.1, 0.15) is 44.7 Å². The second-order valence-corrected chi connectivity index (χ2v) is 9.81. The Hall–Kier alpha value is -2.86. The number of piperazine rings is 2. The van der Waals surface area contributed by atoms with Crippen molar-refractivity contribution in [3.05, 3.63) is 47.8 Å². The number of rotatable bonds is 4. The van der Waals surface area contributed by atoms with E-state index in [1.807, 2.05) is 25.7 Å². The molecule has 0 aromatic carbocycles. The summed E-state index contributed by atoms with van der Waals surface area (Å²) in [6, 6.07) is 6.09. The Kier molecular flexibility index (Phi) is 11.8. The van der Waals surface area contributed by atoms with Gasteiger partial charge in [-0.15, -0.1) is 0 Å². The maximum atomic E-state index is 12.5. The smallest absolute Gasteiger partial charge is 0.410 e. The van der Waals surface area contributed by atoms with Gasteiger partial charge in [0.05, 0.1) is 26.2 Å². The maximum Gasteiger partial charge on any atom is 0.410 e. The van der Waals surface area contributed by atoms with Crippen LogP contribution in [0, 0.1) is 0 Å². The summed E-state index contributed by atoms with van der Waals surface area (Å²) in [6.45, 7) is 11.7. The number of hydrogen-bond donors (Lipinski definition) is 1. The molecule has 2 aromatic heterocycles. The lowest BCUT2D eigenvalue weighted by molar-refractivity contribution is -0.655. The number of quaternary nitrogens is 1. The van der Waals surface area contributed by atoms with Crippen molar-refractivity contribution in [2.45, 2.75) is 39.2 Å². The molecule has 0 atom stereocenters. The lowest BCUT2D eigenvalue weighted by Crippen LogP contribution is -3.00. The standard InChI is InChI=1S/C15H21F2N3O2.C10H13F2N3.ClH/c1-15(2,3)22-14(21)20-8-6-19(7-9-20)12-5-4-11(10-18-12)13(16)17;11-10(12)8-1-2-9(14-7-8)15-5-3-13-4-6-15;/h4-5,10,13H,6-9H2,1-3H3;1-2,7,10,13H,3-6H2;1H. The average molecular weight is 563 g/mol. The summed E-state index contributed by atoms with van der Waals surface area (Å²) in [6.07, 6.45) is -2.81. The van der Waals surface area contributed by atoms with Crippen LogP contribution in [-0.2, 0) is 4.74 Å². The van der Waals surface area contributed by atoms with E-state index in [9.17, 15) is 22.4 Å². The van der Waals surface area contributed by atoms with Crippen molar-refractivity contribution in [2.75, 3.05) is 62.2 Å². The van der Waals surface area contributed by atoms with E-state index < -0.39 is 18.5 Å². The molecule has 2 saturated heterocycles. The van der Waals surface area contributed by atoms with Gasteiger partial charge in [0, 0.05) is 49.7 Å². The van der Waals surface area contributed by atoms with E-state index in [-0.39, 0.29) is 29.6 Å². The van der Waals surface area contributed by atoms with Gasteiger partial charge in [-0.25, -0.2) is 32.3 Å². The first-order valence-electron chi connectivity index (χ1n) is 12.3. The largest absolute Gasteiger partial charge is 1.00 e. The number of carbonyl (C=O) groups excluding carboxylic acids is 1. The minimum Gasteiger partial charge on any atom is -1.00 e. The topological polar surface area (TPSA) is 78.4 Å². The van der Waals surface area contributed by atoms with Crippen LogP contribution in [0.15, 0.2) is 36.7 Å². The lowest BCUT2D eigenvalue weighted by Gasteiger charge is -2.36. The molecule has 212 valence electrons. The highest BCUT2D eigenvalue weighted by atomic mass is 35.5. The van der Waals surface area contributed by atoms with Crippen molar-refractivity contribution in [3.63, 3.8) is 0 Å². The van der Waals surface area contributed by atoms with E-state index in [1.54, 1.807) is 17.0 Å². The Balaban J connectivity index is 0.000000277. The number of hydrogen-bond acceptors (Lipinski definition) is 6. The molecular weight excluding hydrogens is 528 g/mol. The van der Waals surface area contributed by atoms with Crippen LogP contribution in [-0.4, -0.2) is 78.9 Å². The van der Waals surface area contributed by atoms with Crippen LogP contribution in [0.5, 0.6) is 0 Å². The summed E-state index contributed by atoms with van der Waals surface area (Å²) >= 11 is 0. The van der Waals surface area contributed by atoms with Gasteiger partial charge < -0.3 is 37.2 Å². The molecule has 0 unspecified atom stereocenters.